The number of nitrogens with one attached hydrogen (secondary N) is 2. The first-order chi connectivity index (χ1) is 7.64. The van der Waals surface area contributed by atoms with Crippen LogP contribution in [0.4, 0.5) is 0 Å². The summed E-state index contributed by atoms with van der Waals surface area (Å²) >= 11 is 0. The molecule has 98 valence electrons. The average Bonchev–Trinajstić information content (AvgIpc) is 2.20. The topological polar surface area (TPSA) is 130 Å². The van der Waals surface area contributed by atoms with Gasteiger partial charge in [0.2, 0.25) is 11.8 Å². The molecule has 0 aromatic heterocycles. The number of carboxylic acids is 1. The van der Waals surface area contributed by atoms with Crippen LogP contribution in [0.2, 0.25) is 0 Å². The minimum absolute atomic E-state index is 0.466. The maximum atomic E-state index is 11.2. The molecule has 9 heteroatoms. The highest BCUT2D eigenvalue weighted by Crippen LogP contribution is 1.96. The summed E-state index contributed by atoms with van der Waals surface area (Å²) in [6, 6.07) is 0. The first-order valence-electron chi connectivity index (χ1n) is 4.59. The first-order valence-corrected chi connectivity index (χ1v) is 6.55. The van der Waals surface area contributed by atoms with Crippen molar-refractivity contribution in [2.45, 2.75) is 12.2 Å². The Kier molecular flexibility index (Phi) is 5.59. The van der Waals surface area contributed by atoms with E-state index in [-0.39, 0.29) is 0 Å². The SMILES string of the molecule is CC(C(=O)NCC(=O)NCC(=O)O)S(C)(=O)=O. The summed E-state index contributed by atoms with van der Waals surface area (Å²) in [6.07, 6.45) is 0.905. The quantitative estimate of drug-likeness (QED) is 0.497. The van der Waals surface area contributed by atoms with E-state index in [1.807, 2.05) is 5.32 Å². The lowest BCUT2D eigenvalue weighted by molar-refractivity contribution is -0.137. The van der Waals surface area contributed by atoms with E-state index in [4.69, 9.17) is 5.11 Å². The van der Waals surface area contributed by atoms with Crippen molar-refractivity contribution < 1.29 is 27.9 Å². The van der Waals surface area contributed by atoms with E-state index in [2.05, 4.69) is 5.32 Å². The fourth-order valence-corrected chi connectivity index (χ4v) is 1.21. The fourth-order valence-electron chi connectivity index (χ4n) is 0.742. The number of carbonyl (C=O) groups excluding carboxylic acids is 2. The molecule has 0 saturated heterocycles. The van der Waals surface area contributed by atoms with Crippen LogP contribution in [-0.4, -0.2) is 55.9 Å². The third kappa shape index (κ3) is 6.51. The average molecular weight is 266 g/mol. The lowest BCUT2D eigenvalue weighted by atomic mass is 10.4. The number of carboxylic acid groups (broad SMARTS) is 1. The molecule has 17 heavy (non-hydrogen) atoms. The highest BCUT2D eigenvalue weighted by molar-refractivity contribution is 7.92. The first kappa shape index (κ1) is 15.4. The number of amides is 2. The van der Waals surface area contributed by atoms with Crippen LogP contribution < -0.4 is 10.6 Å². The molecular weight excluding hydrogens is 252 g/mol. The summed E-state index contributed by atoms with van der Waals surface area (Å²) in [4.78, 5) is 32.3. The maximum absolute atomic E-state index is 11.2. The summed E-state index contributed by atoms with van der Waals surface area (Å²) in [5, 5.41) is 11.1. The van der Waals surface area contributed by atoms with Crippen LogP contribution in [0, 0.1) is 0 Å². The van der Waals surface area contributed by atoms with Gasteiger partial charge in [0.05, 0.1) is 6.54 Å². The molecule has 0 rings (SSSR count). The Morgan fingerprint density at radius 2 is 1.71 bits per heavy atom. The fraction of sp³-hybridized carbons (Fsp3) is 0.625. The Balaban J connectivity index is 4.09. The molecule has 0 aliphatic heterocycles. The van der Waals surface area contributed by atoms with Crippen molar-refractivity contribution >= 4 is 27.6 Å². The lowest BCUT2D eigenvalue weighted by Crippen LogP contribution is -2.43. The van der Waals surface area contributed by atoms with E-state index < -0.39 is 46.0 Å². The minimum Gasteiger partial charge on any atom is -0.480 e. The third-order valence-electron chi connectivity index (χ3n) is 1.87. The van der Waals surface area contributed by atoms with Crippen molar-refractivity contribution in [2.75, 3.05) is 19.3 Å². The number of rotatable bonds is 6. The smallest absolute Gasteiger partial charge is 0.322 e. The third-order valence-corrected chi connectivity index (χ3v) is 3.37. The summed E-state index contributed by atoms with van der Waals surface area (Å²) < 4.78 is 22.0. The number of hydrogen-bond acceptors (Lipinski definition) is 5. The second-order valence-electron chi connectivity index (χ2n) is 3.36. The molecule has 1 unspecified atom stereocenters. The Labute approximate surface area is 98.3 Å². The van der Waals surface area contributed by atoms with E-state index in [0.29, 0.717) is 0 Å². The monoisotopic (exact) mass is 266 g/mol. The van der Waals surface area contributed by atoms with E-state index in [1.165, 1.54) is 6.92 Å². The van der Waals surface area contributed by atoms with Gasteiger partial charge in [-0.15, -0.1) is 0 Å². The Morgan fingerprint density at radius 3 is 2.12 bits per heavy atom. The van der Waals surface area contributed by atoms with Gasteiger partial charge in [-0.2, -0.15) is 0 Å². The molecule has 0 aromatic carbocycles. The van der Waals surface area contributed by atoms with E-state index in [1.54, 1.807) is 0 Å². The molecule has 1 atom stereocenters. The predicted octanol–water partition coefficient (Wildman–Crippen LogP) is -2.26. The molecule has 0 aliphatic carbocycles. The number of aliphatic carboxylic acids is 1. The van der Waals surface area contributed by atoms with Gasteiger partial charge in [0, 0.05) is 6.26 Å². The second-order valence-corrected chi connectivity index (χ2v) is 5.73. The molecular formula is C8H14N2O6S. The highest BCUT2D eigenvalue weighted by atomic mass is 32.2. The van der Waals surface area contributed by atoms with Gasteiger partial charge in [0.15, 0.2) is 9.84 Å². The molecule has 0 radical (unpaired) electrons. The molecule has 0 fully saturated rings. The van der Waals surface area contributed by atoms with E-state index in [9.17, 15) is 22.8 Å². The number of carbonyl (C=O) groups is 3. The summed E-state index contributed by atoms with van der Waals surface area (Å²) in [5.41, 5.74) is 0. The van der Waals surface area contributed by atoms with Crippen LogP contribution in [0.1, 0.15) is 6.92 Å². The molecule has 0 spiro atoms. The van der Waals surface area contributed by atoms with Crippen LogP contribution in [0.15, 0.2) is 0 Å². The maximum Gasteiger partial charge on any atom is 0.322 e. The molecule has 2 amide bonds. The lowest BCUT2D eigenvalue weighted by Gasteiger charge is -2.09. The van der Waals surface area contributed by atoms with Gasteiger partial charge in [-0.25, -0.2) is 8.42 Å². The largest absolute Gasteiger partial charge is 0.480 e. The van der Waals surface area contributed by atoms with Crippen molar-refractivity contribution in [3.8, 4) is 0 Å². The zero-order chi connectivity index (χ0) is 13.6. The Bertz CT molecular complexity index is 416. The predicted molar refractivity (Wildman–Crippen MR) is 58.0 cm³/mol. The standard InChI is InChI=1S/C8H14N2O6S/c1-5(17(2,15)16)8(14)10-3-6(11)9-4-7(12)13/h5H,3-4H2,1-2H3,(H,9,11)(H,10,14)(H,12,13). The Hall–Kier alpha value is -1.64. The van der Waals surface area contributed by atoms with Gasteiger partial charge in [0.25, 0.3) is 0 Å². The number of sulfone groups is 1. The van der Waals surface area contributed by atoms with Crippen molar-refractivity contribution in [1.29, 1.82) is 0 Å². The number of hydrogen-bond donors (Lipinski definition) is 3. The van der Waals surface area contributed by atoms with Gasteiger partial charge in [-0.05, 0) is 6.92 Å². The molecule has 0 aromatic rings. The van der Waals surface area contributed by atoms with Gasteiger partial charge < -0.3 is 15.7 Å². The molecule has 3 N–H and O–H groups in total. The van der Waals surface area contributed by atoms with Gasteiger partial charge in [-0.3, -0.25) is 14.4 Å². The van der Waals surface area contributed by atoms with Crippen LogP contribution in [0.25, 0.3) is 0 Å². The van der Waals surface area contributed by atoms with E-state index in [0.717, 1.165) is 6.26 Å². The summed E-state index contributed by atoms with van der Waals surface area (Å²) in [6.45, 7) is 0.169. The van der Waals surface area contributed by atoms with Gasteiger partial charge in [0.1, 0.15) is 11.8 Å². The molecule has 0 bridgehead atoms. The summed E-state index contributed by atoms with van der Waals surface area (Å²) in [7, 11) is -3.51. The van der Waals surface area contributed by atoms with Crippen LogP contribution in [0.3, 0.4) is 0 Å². The van der Waals surface area contributed by atoms with Crippen molar-refractivity contribution in [1.82, 2.24) is 10.6 Å². The normalized spacial score (nSPS) is 12.6. The molecule has 0 heterocycles. The zero-order valence-corrected chi connectivity index (χ0v) is 10.2. The van der Waals surface area contributed by atoms with Crippen LogP contribution >= 0.6 is 0 Å². The Morgan fingerprint density at radius 1 is 1.18 bits per heavy atom. The van der Waals surface area contributed by atoms with Gasteiger partial charge >= 0.3 is 5.97 Å². The van der Waals surface area contributed by atoms with Crippen LogP contribution in [-0.2, 0) is 24.2 Å². The van der Waals surface area contributed by atoms with E-state index >= 15 is 0 Å². The van der Waals surface area contributed by atoms with Crippen molar-refractivity contribution in [2.24, 2.45) is 0 Å². The zero-order valence-electron chi connectivity index (χ0n) is 9.39. The second kappa shape index (κ2) is 6.18. The minimum atomic E-state index is -3.51. The summed E-state index contributed by atoms with van der Waals surface area (Å²) in [5.74, 6) is -2.73. The molecule has 8 nitrogen and oxygen atoms in total. The molecule has 0 saturated carbocycles. The highest BCUT2D eigenvalue weighted by Gasteiger charge is 2.23. The van der Waals surface area contributed by atoms with Crippen molar-refractivity contribution in [3.05, 3.63) is 0 Å². The van der Waals surface area contributed by atoms with Crippen molar-refractivity contribution in [3.63, 3.8) is 0 Å². The van der Waals surface area contributed by atoms with Crippen LogP contribution in [0.5, 0.6) is 0 Å². The molecule has 0 aliphatic rings. The van der Waals surface area contributed by atoms with Gasteiger partial charge in [-0.1, -0.05) is 0 Å².